The summed E-state index contributed by atoms with van der Waals surface area (Å²) in [6, 6.07) is 7.70. The number of hydrogen-bond acceptors (Lipinski definition) is 1. The van der Waals surface area contributed by atoms with Gasteiger partial charge in [0.15, 0.2) is 0 Å². The first-order valence-electron chi connectivity index (χ1n) is 6.18. The predicted molar refractivity (Wildman–Crippen MR) is 57.3 cm³/mol. The Balaban J connectivity index is 2.76. The van der Waals surface area contributed by atoms with Crippen molar-refractivity contribution in [3.63, 3.8) is 0 Å². The van der Waals surface area contributed by atoms with Gasteiger partial charge in [-0.25, -0.2) is 0 Å². The molecule has 0 atom stereocenters. The first-order valence-corrected chi connectivity index (χ1v) is 4.18. The molecule has 0 aliphatic carbocycles. The summed E-state index contributed by atoms with van der Waals surface area (Å²) in [5.41, 5.74) is 0.629. The third-order valence-electron chi connectivity index (χ3n) is 1.79. The van der Waals surface area contributed by atoms with Crippen LogP contribution in [0.1, 0.15) is 15.8 Å². The number of carbonyl (C=O) groups is 1. The summed E-state index contributed by atoms with van der Waals surface area (Å²) in [5.74, 6) is 0. The molecule has 2 rings (SSSR count). The lowest BCUT2D eigenvalue weighted by Crippen LogP contribution is -1.81. The van der Waals surface area contributed by atoms with Gasteiger partial charge in [0.25, 0.3) is 0 Å². The van der Waals surface area contributed by atoms with Crippen molar-refractivity contribution in [1.82, 2.24) is 0 Å². The van der Waals surface area contributed by atoms with E-state index in [2.05, 4.69) is 0 Å². The van der Waals surface area contributed by atoms with Gasteiger partial charge in [-0.3, -0.25) is 4.79 Å². The van der Waals surface area contributed by atoms with Crippen molar-refractivity contribution in [3.05, 3.63) is 60.1 Å². The van der Waals surface area contributed by atoms with Crippen LogP contribution in [0.4, 0.5) is 0 Å². The van der Waals surface area contributed by atoms with Crippen LogP contribution in [0.2, 0.25) is 0 Å². The highest BCUT2D eigenvalue weighted by atomic mass is 16.1. The Kier molecular flexibility index (Phi) is 1.41. The molecule has 1 nitrogen and oxygen atoms in total. The number of aldehydes is 1. The number of rotatable bonds is 2. The minimum Gasteiger partial charge on any atom is -0.298 e. The van der Waals surface area contributed by atoms with E-state index in [0.717, 1.165) is 0 Å². The van der Waals surface area contributed by atoms with Crippen molar-refractivity contribution in [2.24, 2.45) is 0 Å². The summed E-state index contributed by atoms with van der Waals surface area (Å²) >= 11 is 0. The van der Waals surface area contributed by atoms with Crippen molar-refractivity contribution in [1.29, 1.82) is 0 Å². The predicted octanol–water partition coefficient (Wildman–Crippen LogP) is 3.17. The Morgan fingerprint density at radius 3 is 2.50 bits per heavy atom. The third-order valence-corrected chi connectivity index (χ3v) is 1.79. The summed E-state index contributed by atoms with van der Waals surface area (Å²) in [4.78, 5) is 10.9. The Morgan fingerprint density at radius 2 is 1.79 bits per heavy atom. The molecule has 0 saturated heterocycles. The maximum absolute atomic E-state index is 10.9. The van der Waals surface area contributed by atoms with Crippen LogP contribution in [-0.2, 0) is 0 Å². The van der Waals surface area contributed by atoms with Crippen molar-refractivity contribution < 1.29 is 10.3 Å². The van der Waals surface area contributed by atoms with E-state index in [1.807, 2.05) is 0 Å². The first kappa shape index (κ1) is 5.11. The summed E-state index contributed by atoms with van der Waals surface area (Å²) in [7, 11) is 0. The van der Waals surface area contributed by atoms with E-state index in [4.69, 9.17) is 5.48 Å². The van der Waals surface area contributed by atoms with Crippen LogP contribution in [0.25, 0.3) is 11.1 Å². The van der Waals surface area contributed by atoms with Crippen LogP contribution in [0.5, 0.6) is 0 Å². The second-order valence-corrected chi connectivity index (χ2v) is 2.74. The molecule has 0 aromatic heterocycles. The minimum absolute atomic E-state index is 0.0184. The highest BCUT2D eigenvalue weighted by Crippen LogP contribution is 2.18. The lowest BCUT2D eigenvalue weighted by Gasteiger charge is -2.00. The standard InChI is InChI=1S/C13H10O/c14-10-11-5-4-8-13(9-11)12-6-2-1-3-7-12/h1-10H/i5D,6D,7D,9D. The van der Waals surface area contributed by atoms with Crippen molar-refractivity contribution in [2.75, 3.05) is 0 Å². The molecule has 0 N–H and O–H groups in total. The lowest BCUT2D eigenvalue weighted by atomic mass is 10.0. The van der Waals surface area contributed by atoms with Gasteiger partial charge in [0.1, 0.15) is 6.29 Å². The SMILES string of the molecule is [2H]c1ccc(-c2c([2H])cccc2[2H])c([2H])c1C=O. The zero-order valence-corrected chi connectivity index (χ0v) is 7.37. The molecular formula is C13H10O. The van der Waals surface area contributed by atoms with Gasteiger partial charge in [-0.15, -0.1) is 0 Å². The fourth-order valence-corrected chi connectivity index (χ4v) is 1.16. The van der Waals surface area contributed by atoms with Crippen LogP contribution >= 0.6 is 0 Å². The number of carbonyl (C=O) groups excluding carboxylic acids is 1. The summed E-state index contributed by atoms with van der Waals surface area (Å²) in [5, 5.41) is 0. The van der Waals surface area contributed by atoms with Gasteiger partial charge in [-0.05, 0) is 17.2 Å². The van der Waals surface area contributed by atoms with Crippen LogP contribution < -0.4 is 0 Å². The highest BCUT2D eigenvalue weighted by molar-refractivity contribution is 5.78. The van der Waals surface area contributed by atoms with Crippen LogP contribution in [0.3, 0.4) is 0 Å². The first-order chi connectivity index (χ1) is 8.56. The van der Waals surface area contributed by atoms with Gasteiger partial charge < -0.3 is 0 Å². The molecule has 0 fully saturated rings. The number of benzene rings is 2. The smallest absolute Gasteiger partial charge is 0.150 e. The Labute approximate surface area is 88.6 Å². The summed E-state index contributed by atoms with van der Waals surface area (Å²) < 4.78 is 31.0. The quantitative estimate of drug-likeness (QED) is 0.658. The minimum atomic E-state index is -0.106. The lowest BCUT2D eigenvalue weighted by molar-refractivity contribution is 0.112. The van der Waals surface area contributed by atoms with E-state index in [1.165, 1.54) is 24.3 Å². The topological polar surface area (TPSA) is 17.1 Å². The maximum Gasteiger partial charge on any atom is 0.150 e. The Morgan fingerprint density at radius 1 is 1.00 bits per heavy atom. The summed E-state index contributed by atoms with van der Waals surface area (Å²) in [6.07, 6.45) is 0.463. The summed E-state index contributed by atoms with van der Waals surface area (Å²) in [6.45, 7) is 0. The van der Waals surface area contributed by atoms with Gasteiger partial charge >= 0.3 is 0 Å². The molecule has 0 saturated carbocycles. The van der Waals surface area contributed by atoms with E-state index in [9.17, 15) is 4.79 Å². The van der Waals surface area contributed by atoms with Gasteiger partial charge in [-0.2, -0.15) is 0 Å². The largest absolute Gasteiger partial charge is 0.298 e. The Bertz CT molecular complexity index is 602. The van der Waals surface area contributed by atoms with Gasteiger partial charge in [0.2, 0.25) is 0 Å². The Hall–Kier alpha value is -1.89. The highest BCUT2D eigenvalue weighted by Gasteiger charge is 1.96. The van der Waals surface area contributed by atoms with Gasteiger partial charge in [-0.1, -0.05) is 48.5 Å². The van der Waals surface area contributed by atoms with Crippen LogP contribution in [0, 0.1) is 0 Å². The average molecular weight is 186 g/mol. The van der Waals surface area contributed by atoms with E-state index < -0.39 is 0 Å². The average Bonchev–Trinajstić information content (AvgIpc) is 2.32. The molecule has 68 valence electrons. The van der Waals surface area contributed by atoms with E-state index in [0.29, 0.717) is 17.4 Å². The van der Waals surface area contributed by atoms with Gasteiger partial charge in [0, 0.05) is 5.56 Å². The molecule has 2 aromatic rings. The molecule has 2 aromatic carbocycles. The van der Waals surface area contributed by atoms with E-state index in [1.54, 1.807) is 6.07 Å². The second-order valence-electron chi connectivity index (χ2n) is 2.74. The monoisotopic (exact) mass is 186 g/mol. The molecule has 0 aliphatic heterocycles. The van der Waals surface area contributed by atoms with E-state index in [-0.39, 0.29) is 29.7 Å². The van der Waals surface area contributed by atoms with Crippen molar-refractivity contribution >= 4 is 6.29 Å². The van der Waals surface area contributed by atoms with Gasteiger partial charge in [0.05, 0.1) is 5.48 Å². The zero-order valence-electron chi connectivity index (χ0n) is 11.4. The molecular weight excluding hydrogens is 172 g/mol. The van der Waals surface area contributed by atoms with Crippen LogP contribution in [-0.4, -0.2) is 6.29 Å². The normalized spacial score (nSPS) is 13.7. The van der Waals surface area contributed by atoms with Crippen LogP contribution in [0.15, 0.2) is 54.5 Å². The molecule has 14 heavy (non-hydrogen) atoms. The molecule has 0 heterocycles. The molecule has 0 spiro atoms. The second kappa shape index (κ2) is 3.88. The van der Waals surface area contributed by atoms with Crippen molar-refractivity contribution in [3.8, 4) is 11.1 Å². The zero-order chi connectivity index (χ0) is 13.3. The number of hydrogen-bond donors (Lipinski definition) is 0. The molecule has 0 bridgehead atoms. The molecule has 0 unspecified atom stereocenters. The molecule has 0 radical (unpaired) electrons. The molecule has 0 amide bonds. The third kappa shape index (κ3) is 1.72. The molecule has 1 heteroatoms. The molecule has 0 aliphatic rings. The fraction of sp³-hybridized carbons (Fsp3) is 0. The van der Waals surface area contributed by atoms with E-state index >= 15 is 0 Å². The maximum atomic E-state index is 10.9. The van der Waals surface area contributed by atoms with Crippen molar-refractivity contribution in [2.45, 2.75) is 0 Å². The fourth-order valence-electron chi connectivity index (χ4n) is 1.16.